The van der Waals surface area contributed by atoms with Crippen LogP contribution in [0.1, 0.15) is 25.8 Å². The summed E-state index contributed by atoms with van der Waals surface area (Å²) in [5, 5.41) is 3.16. The van der Waals surface area contributed by atoms with Gasteiger partial charge in [0.05, 0.1) is 0 Å². The lowest BCUT2D eigenvalue weighted by atomic mass is 10.1. The summed E-state index contributed by atoms with van der Waals surface area (Å²) in [6.07, 6.45) is 0.597. The Bertz CT molecular complexity index is 414. The number of rotatable bonds is 5. The fraction of sp³-hybridized carbons (Fsp3) is 0.429. The smallest absolute Gasteiger partial charge is 0.138 e. The predicted octanol–water partition coefficient (Wildman–Crippen LogP) is 4.04. The highest BCUT2D eigenvalue weighted by Crippen LogP contribution is 2.16. The Kier molecular flexibility index (Phi) is 6.36. The summed E-state index contributed by atoms with van der Waals surface area (Å²) in [7, 11) is 0. The van der Waals surface area contributed by atoms with Crippen LogP contribution in [0.2, 0.25) is 0 Å². The first-order chi connectivity index (χ1) is 8.52. The van der Waals surface area contributed by atoms with Crippen molar-refractivity contribution >= 4 is 39.8 Å². The molecule has 1 aromatic rings. The summed E-state index contributed by atoms with van der Waals surface area (Å²) < 4.78 is 0.717. The van der Waals surface area contributed by atoms with E-state index in [1.165, 1.54) is 17.3 Å². The van der Waals surface area contributed by atoms with Crippen molar-refractivity contribution in [2.45, 2.75) is 27.2 Å². The van der Waals surface area contributed by atoms with Gasteiger partial charge in [-0.2, -0.15) is 0 Å². The molecule has 1 aromatic carbocycles. The van der Waals surface area contributed by atoms with Crippen LogP contribution in [0.5, 0.6) is 0 Å². The van der Waals surface area contributed by atoms with Gasteiger partial charge in [-0.3, -0.25) is 4.79 Å². The topological polar surface area (TPSA) is 29.1 Å². The number of nitrogens with one attached hydrogen (secondary N) is 1. The van der Waals surface area contributed by atoms with Crippen molar-refractivity contribution in [2.24, 2.45) is 5.92 Å². The first-order valence-corrected chi connectivity index (χ1v) is 7.45. The Morgan fingerprint density at radius 2 is 2.00 bits per heavy atom. The summed E-state index contributed by atoms with van der Waals surface area (Å²) in [5.41, 5.74) is 2.22. The molecule has 0 fully saturated rings. The average Bonchev–Trinajstić information content (AvgIpc) is 2.37. The molecule has 0 aliphatic carbocycles. The van der Waals surface area contributed by atoms with Gasteiger partial charge in [0.25, 0.3) is 0 Å². The summed E-state index contributed by atoms with van der Waals surface area (Å²) in [5.74, 6) is 1.10. The van der Waals surface area contributed by atoms with E-state index in [4.69, 9.17) is 12.2 Å². The van der Waals surface area contributed by atoms with E-state index in [0.717, 1.165) is 15.8 Å². The minimum absolute atomic E-state index is 0.0674. The molecule has 0 bridgehead atoms. The van der Waals surface area contributed by atoms with Gasteiger partial charge in [-0.05, 0) is 19.1 Å². The Morgan fingerprint density at radius 1 is 1.39 bits per heavy atom. The van der Waals surface area contributed by atoms with Crippen LogP contribution in [0.4, 0.5) is 5.69 Å². The van der Waals surface area contributed by atoms with E-state index < -0.39 is 0 Å². The van der Waals surface area contributed by atoms with Crippen molar-refractivity contribution in [3.63, 3.8) is 0 Å². The molecule has 1 unspecified atom stereocenters. The molecule has 1 atom stereocenters. The van der Waals surface area contributed by atoms with Crippen molar-refractivity contribution in [1.29, 1.82) is 0 Å². The Morgan fingerprint density at radius 3 is 2.56 bits per heavy atom. The zero-order valence-electron chi connectivity index (χ0n) is 11.0. The molecule has 0 spiro atoms. The van der Waals surface area contributed by atoms with Gasteiger partial charge in [0.1, 0.15) is 10.1 Å². The molecule has 0 amide bonds. The first kappa shape index (κ1) is 15.2. The van der Waals surface area contributed by atoms with Gasteiger partial charge in [0.15, 0.2) is 0 Å². The van der Waals surface area contributed by atoms with Crippen LogP contribution in [-0.2, 0) is 4.79 Å². The second-order valence-electron chi connectivity index (χ2n) is 4.31. The normalized spacial score (nSPS) is 11.9. The van der Waals surface area contributed by atoms with Crippen LogP contribution in [0.3, 0.4) is 0 Å². The standard InChI is InChI=1S/C14H19NOS2/c1-4-13(16)11(3)9-18-14(17)15-12-7-5-10(2)6-8-12/h5-8,11H,4,9H2,1-3H3,(H,15,17). The lowest BCUT2D eigenvalue weighted by Gasteiger charge is -2.11. The molecule has 0 aromatic heterocycles. The second kappa shape index (κ2) is 7.54. The summed E-state index contributed by atoms with van der Waals surface area (Å²) in [4.78, 5) is 11.4. The Labute approximate surface area is 119 Å². The van der Waals surface area contributed by atoms with E-state index in [2.05, 4.69) is 12.2 Å². The summed E-state index contributed by atoms with van der Waals surface area (Å²) in [6, 6.07) is 8.09. The van der Waals surface area contributed by atoms with Gasteiger partial charge in [-0.25, -0.2) is 0 Å². The van der Waals surface area contributed by atoms with Crippen LogP contribution in [-0.4, -0.2) is 15.9 Å². The monoisotopic (exact) mass is 281 g/mol. The lowest BCUT2D eigenvalue weighted by molar-refractivity contribution is -0.121. The van der Waals surface area contributed by atoms with E-state index in [1.54, 1.807) is 0 Å². The largest absolute Gasteiger partial charge is 0.341 e. The molecular weight excluding hydrogens is 262 g/mol. The molecular formula is C14H19NOS2. The summed E-state index contributed by atoms with van der Waals surface area (Å²) in [6.45, 7) is 5.90. The number of carbonyl (C=O) groups is 1. The lowest BCUT2D eigenvalue weighted by Crippen LogP contribution is -2.14. The fourth-order valence-electron chi connectivity index (χ4n) is 1.43. The highest BCUT2D eigenvalue weighted by atomic mass is 32.2. The van der Waals surface area contributed by atoms with Gasteiger partial charge in [-0.15, -0.1) is 0 Å². The minimum Gasteiger partial charge on any atom is -0.341 e. The van der Waals surface area contributed by atoms with Crippen molar-refractivity contribution < 1.29 is 4.79 Å². The molecule has 98 valence electrons. The molecule has 0 saturated carbocycles. The van der Waals surface area contributed by atoms with E-state index in [9.17, 15) is 4.79 Å². The van der Waals surface area contributed by atoms with E-state index in [1.807, 2.05) is 38.1 Å². The van der Waals surface area contributed by atoms with Crippen molar-refractivity contribution in [3.8, 4) is 0 Å². The molecule has 0 saturated heterocycles. The number of carbonyl (C=O) groups excluding carboxylic acids is 1. The molecule has 0 aliphatic heterocycles. The van der Waals surface area contributed by atoms with E-state index >= 15 is 0 Å². The van der Waals surface area contributed by atoms with E-state index in [0.29, 0.717) is 12.2 Å². The number of hydrogen-bond acceptors (Lipinski definition) is 3. The highest BCUT2D eigenvalue weighted by molar-refractivity contribution is 8.23. The average molecular weight is 281 g/mol. The van der Waals surface area contributed by atoms with Crippen molar-refractivity contribution in [1.82, 2.24) is 0 Å². The van der Waals surface area contributed by atoms with Crippen molar-refractivity contribution in [3.05, 3.63) is 29.8 Å². The maximum absolute atomic E-state index is 11.4. The zero-order valence-corrected chi connectivity index (χ0v) is 12.7. The number of Topliss-reactive ketones (excluding diaryl/α,β-unsaturated/α-hetero) is 1. The molecule has 1 rings (SSSR count). The van der Waals surface area contributed by atoms with Gasteiger partial charge in [0.2, 0.25) is 0 Å². The van der Waals surface area contributed by atoms with Crippen LogP contribution < -0.4 is 5.32 Å². The molecule has 4 heteroatoms. The molecule has 0 aliphatic rings. The highest BCUT2D eigenvalue weighted by Gasteiger charge is 2.11. The van der Waals surface area contributed by atoms with Crippen LogP contribution in [0.15, 0.2) is 24.3 Å². The maximum Gasteiger partial charge on any atom is 0.138 e. The third-order valence-corrected chi connectivity index (χ3v) is 4.15. The van der Waals surface area contributed by atoms with Crippen molar-refractivity contribution in [2.75, 3.05) is 11.1 Å². The van der Waals surface area contributed by atoms with Crippen LogP contribution in [0.25, 0.3) is 0 Å². The molecule has 2 nitrogen and oxygen atoms in total. The predicted molar refractivity (Wildman–Crippen MR) is 84.3 cm³/mol. The van der Waals surface area contributed by atoms with E-state index in [-0.39, 0.29) is 5.92 Å². The number of anilines is 1. The second-order valence-corrected chi connectivity index (χ2v) is 6.01. The van der Waals surface area contributed by atoms with Gasteiger partial charge in [0, 0.05) is 23.8 Å². The number of thioether (sulfide) groups is 1. The third-order valence-electron chi connectivity index (χ3n) is 2.66. The Balaban J connectivity index is 2.38. The zero-order chi connectivity index (χ0) is 13.5. The van der Waals surface area contributed by atoms with Gasteiger partial charge in [-0.1, -0.05) is 55.5 Å². The number of aryl methyl sites for hydroxylation is 1. The molecule has 0 radical (unpaired) electrons. The Hall–Kier alpha value is -0.870. The minimum atomic E-state index is 0.0674. The molecule has 0 heterocycles. The van der Waals surface area contributed by atoms with Crippen LogP contribution >= 0.6 is 24.0 Å². The number of thiocarbonyl (C=S) groups is 1. The molecule has 18 heavy (non-hydrogen) atoms. The number of ketones is 1. The summed E-state index contributed by atoms with van der Waals surface area (Å²) >= 11 is 6.78. The quantitative estimate of drug-likeness (QED) is 0.825. The van der Waals surface area contributed by atoms with Gasteiger partial charge < -0.3 is 5.32 Å². The third kappa shape index (κ3) is 5.19. The fourth-order valence-corrected chi connectivity index (χ4v) is 2.53. The molecule has 1 N–H and O–H groups in total. The van der Waals surface area contributed by atoms with Gasteiger partial charge >= 0.3 is 0 Å². The number of hydrogen-bond donors (Lipinski definition) is 1. The SMILES string of the molecule is CCC(=O)C(C)CSC(=S)Nc1ccc(C)cc1. The number of benzene rings is 1. The van der Waals surface area contributed by atoms with Crippen LogP contribution in [0, 0.1) is 12.8 Å². The maximum atomic E-state index is 11.4. The first-order valence-electron chi connectivity index (χ1n) is 6.06.